The van der Waals surface area contributed by atoms with E-state index in [0.29, 0.717) is 12.8 Å². The fourth-order valence-corrected chi connectivity index (χ4v) is 9.11. The van der Waals surface area contributed by atoms with Crippen molar-refractivity contribution in [2.75, 3.05) is 32.1 Å². The number of cyclic esters (lactones) is 1. The summed E-state index contributed by atoms with van der Waals surface area (Å²) in [5, 5.41) is 82.4. The number of amides is 9. The Kier molecular flexibility index (Phi) is 39.6. The summed E-state index contributed by atoms with van der Waals surface area (Å²) in [6.45, 7) is 2.68. The van der Waals surface area contributed by atoms with Crippen LogP contribution in [0.2, 0.25) is 0 Å². The molecule has 12 atom stereocenters. The van der Waals surface area contributed by atoms with Crippen molar-refractivity contribution in [3.8, 4) is 0 Å². The normalized spacial score (nSPS) is 23.9. The lowest BCUT2D eigenvalue weighted by atomic mass is 10.0. The molecule has 9 amide bonds. The number of aliphatic hydroxyl groups excluding tert-OH is 4. The van der Waals surface area contributed by atoms with E-state index in [1.807, 2.05) is 10.6 Å². The number of ether oxygens (including phenoxy) is 1. The van der Waals surface area contributed by atoms with Crippen molar-refractivity contribution in [2.45, 2.75) is 228 Å². The van der Waals surface area contributed by atoms with Crippen LogP contribution >= 0.6 is 11.6 Å². The quantitative estimate of drug-likeness (QED) is 0.0134. The molecule has 21 N–H and O–H groups in total. The number of allylic oxidation sites excluding steroid dienone is 1. The first-order valence-electron chi connectivity index (χ1n) is 29.7. The van der Waals surface area contributed by atoms with Crippen LogP contribution in [0.25, 0.3) is 0 Å². The highest BCUT2D eigenvalue weighted by atomic mass is 35.5. The third-order valence-corrected chi connectivity index (χ3v) is 14.3. The molecule has 0 saturated carbocycles. The second kappa shape index (κ2) is 43.9. The van der Waals surface area contributed by atoms with E-state index in [1.165, 1.54) is 45.4 Å². The van der Waals surface area contributed by atoms with E-state index in [2.05, 4.69) is 44.1 Å². The smallest absolute Gasteiger partial charge is 0.335 e. The van der Waals surface area contributed by atoms with Crippen molar-refractivity contribution >= 4 is 82.7 Å². The molecule has 496 valence electrons. The molecular weight excluding hydrogens is 1170 g/mol. The Balaban J connectivity index is 3.88. The zero-order valence-electron chi connectivity index (χ0n) is 50.0. The number of halogens is 1. The first kappa shape index (κ1) is 78.4. The predicted molar refractivity (Wildman–Crippen MR) is 314 cm³/mol. The summed E-state index contributed by atoms with van der Waals surface area (Å²) in [5.41, 5.74) is 16.5. The van der Waals surface area contributed by atoms with Gasteiger partial charge in [-0.1, -0.05) is 96.5 Å². The van der Waals surface area contributed by atoms with Gasteiger partial charge in [-0.25, -0.2) is 9.59 Å². The number of nitrogens with one attached hydrogen (secondary N) is 9. The SMILES string of the molecule is C/C=C1\NC(=O)[C@H]([C@@H](C)O)NC(=O)[C@H](CCN)NC(=O)[C@H](CCCCN)NC(=O)[C@H](CC(=O)O)NC(=O)[C@@H](CCN)NC(=O)[C@@H](NC(=O)C[C@H](O)CCCCCCCCCCCCCCC)COC(=O)[C@H]([C@H](O)CCl)NC(=O)[C@H]([C@H](O)C(=O)O)NC1=O. The largest absolute Gasteiger partial charge is 0.481 e. The van der Waals surface area contributed by atoms with Crippen molar-refractivity contribution in [3.63, 3.8) is 0 Å². The standard InChI is InChI=1S/C55H95ClN12O19/c1-4-6-7-8-9-10-11-12-13-14-15-16-17-20-32(70)27-40(72)60-38-30-87-55(86)43(39(71)29-56)67-53(83)44(45(75)54(84)85)68-46(76)33(5-2)61-52(82)42(31(3)69)66-49(79)36(23-26-59)63-47(77)34(21-18-19-24-57)62-50(80)37(28-41(73)74)65-48(78)35(22-25-58)64-51(38)81/h5,31-32,34-39,42-45,69-71,75H,4,6-30,57-59H2,1-3H3,(H,60,72)(H,61,82)(H,62,80)(H,63,77)(H,64,81)(H,65,78)(H,66,79)(H,67,83)(H,68,76)(H,73,74)(H,84,85)/b33-5-/t31-,32-,34+,35-,36+,37+,38+,39-,42+,43+,44+,45+/m1/s1. The second-order valence-corrected chi connectivity index (χ2v) is 21.6. The number of nitrogens with two attached hydrogens (primary N) is 3. The van der Waals surface area contributed by atoms with E-state index in [1.54, 1.807) is 0 Å². The fraction of sp³-hybridized carbons (Fsp3) is 0.745. The summed E-state index contributed by atoms with van der Waals surface area (Å²) >= 11 is 5.87. The highest BCUT2D eigenvalue weighted by Crippen LogP contribution is 2.15. The summed E-state index contributed by atoms with van der Waals surface area (Å²) in [6.07, 6.45) is 4.80. The molecule has 0 aliphatic carbocycles. The van der Waals surface area contributed by atoms with Crippen molar-refractivity contribution in [1.29, 1.82) is 0 Å². The van der Waals surface area contributed by atoms with Crippen LogP contribution in [-0.2, 0) is 62.3 Å². The molecule has 0 bridgehead atoms. The highest BCUT2D eigenvalue weighted by molar-refractivity contribution is 6.18. The Hall–Kier alpha value is -6.61. The van der Waals surface area contributed by atoms with Gasteiger partial charge in [0.25, 0.3) is 5.91 Å². The van der Waals surface area contributed by atoms with Gasteiger partial charge in [0.2, 0.25) is 47.3 Å². The third kappa shape index (κ3) is 30.7. The van der Waals surface area contributed by atoms with Crippen LogP contribution in [0.3, 0.4) is 0 Å². The zero-order chi connectivity index (χ0) is 65.6. The molecule has 0 spiro atoms. The average Bonchev–Trinajstić information content (AvgIpc) is 3.53. The molecule has 1 fully saturated rings. The number of carboxylic acids is 2. The van der Waals surface area contributed by atoms with Crippen LogP contribution in [0.1, 0.15) is 156 Å². The molecule has 1 saturated heterocycles. The number of alkyl halides is 1. The Morgan fingerprint density at radius 3 is 1.56 bits per heavy atom. The van der Waals surface area contributed by atoms with Crippen LogP contribution in [0.5, 0.6) is 0 Å². The first-order valence-corrected chi connectivity index (χ1v) is 30.2. The fourth-order valence-electron chi connectivity index (χ4n) is 8.93. The predicted octanol–water partition coefficient (Wildman–Crippen LogP) is -3.60. The van der Waals surface area contributed by atoms with Gasteiger partial charge < -0.3 is 100 Å². The molecule has 1 heterocycles. The summed E-state index contributed by atoms with van der Waals surface area (Å²) < 4.78 is 5.29. The number of esters is 1. The van der Waals surface area contributed by atoms with Crippen LogP contribution in [0.15, 0.2) is 11.8 Å². The third-order valence-electron chi connectivity index (χ3n) is 14.0. The van der Waals surface area contributed by atoms with Crippen LogP contribution in [0, 0.1) is 0 Å². The van der Waals surface area contributed by atoms with Gasteiger partial charge in [-0.15, -0.1) is 11.6 Å². The molecule has 0 aromatic carbocycles. The van der Waals surface area contributed by atoms with Crippen molar-refractivity contribution in [3.05, 3.63) is 11.8 Å². The number of hydrogen-bond acceptors (Lipinski definition) is 20. The van der Waals surface area contributed by atoms with Crippen molar-refractivity contribution < 1.29 is 92.9 Å². The summed E-state index contributed by atoms with van der Waals surface area (Å²) in [5.74, 6) is -17.8. The molecular formula is C55H95ClN12O19. The van der Waals surface area contributed by atoms with E-state index in [9.17, 15) is 88.2 Å². The summed E-state index contributed by atoms with van der Waals surface area (Å²) in [4.78, 5) is 163. The number of carboxylic acid groups (broad SMARTS) is 2. The minimum absolute atomic E-state index is 0.123. The summed E-state index contributed by atoms with van der Waals surface area (Å²) in [7, 11) is 0. The number of aliphatic carboxylic acids is 2. The lowest BCUT2D eigenvalue weighted by Gasteiger charge is -2.28. The minimum Gasteiger partial charge on any atom is -0.481 e. The van der Waals surface area contributed by atoms with Crippen LogP contribution in [0.4, 0.5) is 0 Å². The molecule has 87 heavy (non-hydrogen) atoms. The van der Waals surface area contributed by atoms with Crippen molar-refractivity contribution in [1.82, 2.24) is 47.9 Å². The monoisotopic (exact) mass is 1260 g/mol. The highest BCUT2D eigenvalue weighted by Gasteiger charge is 2.41. The lowest BCUT2D eigenvalue weighted by molar-refractivity contribution is -0.155. The summed E-state index contributed by atoms with van der Waals surface area (Å²) in [6, 6.07) is -15.8. The maximum atomic E-state index is 14.2. The van der Waals surface area contributed by atoms with Gasteiger partial charge in [-0.2, -0.15) is 0 Å². The van der Waals surface area contributed by atoms with E-state index >= 15 is 0 Å². The van der Waals surface area contributed by atoms with E-state index in [4.69, 9.17) is 33.5 Å². The number of rotatable bonds is 32. The van der Waals surface area contributed by atoms with Gasteiger partial charge in [-0.05, 0) is 72.0 Å². The number of carbonyl (C=O) groups is 12. The van der Waals surface area contributed by atoms with Gasteiger partial charge in [0.15, 0.2) is 12.1 Å². The Labute approximate surface area is 511 Å². The van der Waals surface area contributed by atoms with E-state index < -0.39 is 181 Å². The van der Waals surface area contributed by atoms with Crippen molar-refractivity contribution in [2.24, 2.45) is 17.2 Å². The molecule has 0 aromatic rings. The van der Waals surface area contributed by atoms with Gasteiger partial charge in [-0.3, -0.25) is 47.9 Å². The van der Waals surface area contributed by atoms with Gasteiger partial charge in [0, 0.05) is 0 Å². The maximum Gasteiger partial charge on any atom is 0.335 e. The Morgan fingerprint density at radius 1 is 0.598 bits per heavy atom. The topological polar surface area (TPSA) is 522 Å². The zero-order valence-corrected chi connectivity index (χ0v) is 50.7. The Bertz CT molecular complexity index is 2270. The molecule has 1 rings (SSSR count). The van der Waals surface area contributed by atoms with Crippen LogP contribution in [-0.4, -0.2) is 207 Å². The average molecular weight is 1260 g/mol. The van der Waals surface area contributed by atoms with E-state index in [-0.39, 0.29) is 45.3 Å². The molecule has 1 aliphatic heterocycles. The second-order valence-electron chi connectivity index (χ2n) is 21.3. The van der Waals surface area contributed by atoms with E-state index in [0.717, 1.165) is 51.5 Å². The molecule has 31 nitrogen and oxygen atoms in total. The number of unbranched alkanes of at least 4 members (excludes halogenated alkanes) is 13. The molecule has 1 aliphatic rings. The molecule has 0 radical (unpaired) electrons. The van der Waals surface area contributed by atoms with Gasteiger partial charge in [0.1, 0.15) is 54.6 Å². The van der Waals surface area contributed by atoms with Gasteiger partial charge in [0.05, 0.1) is 37.0 Å². The maximum absolute atomic E-state index is 14.2. The first-order chi connectivity index (χ1) is 41.3. The molecule has 0 unspecified atom stereocenters. The number of hydrogen-bond donors (Lipinski definition) is 18. The molecule has 0 aromatic heterocycles. The molecule has 32 heteroatoms. The lowest BCUT2D eigenvalue weighted by Crippen LogP contribution is -2.62. The number of aliphatic hydroxyl groups is 4. The van der Waals surface area contributed by atoms with Crippen LogP contribution < -0.4 is 65.1 Å². The Morgan fingerprint density at radius 2 is 1.08 bits per heavy atom. The minimum atomic E-state index is -2.83. The number of carbonyl (C=O) groups excluding carboxylic acids is 10. The van der Waals surface area contributed by atoms with Gasteiger partial charge >= 0.3 is 17.9 Å².